The molecule has 1 saturated heterocycles. The predicted molar refractivity (Wildman–Crippen MR) is 114 cm³/mol. The van der Waals surface area contributed by atoms with Crippen molar-refractivity contribution >= 4 is 17.4 Å². The van der Waals surface area contributed by atoms with Gasteiger partial charge in [0.2, 0.25) is 0 Å². The second-order valence-electron chi connectivity index (χ2n) is 7.54. The molecule has 6 nitrogen and oxygen atoms in total. The Hall–Kier alpha value is -3.02. The molecule has 1 aliphatic heterocycles. The first-order valence-corrected chi connectivity index (χ1v) is 10.5. The maximum atomic E-state index is 12.9. The molecule has 1 aromatic heterocycles. The fourth-order valence-corrected chi connectivity index (χ4v) is 3.71. The molecule has 1 aromatic carbocycles. The second kappa shape index (κ2) is 9.65. The van der Waals surface area contributed by atoms with Crippen LogP contribution in [0.15, 0.2) is 46.6 Å². The minimum absolute atomic E-state index is 0.0630. The third-order valence-corrected chi connectivity index (χ3v) is 5.27. The van der Waals surface area contributed by atoms with Gasteiger partial charge in [-0.3, -0.25) is 9.59 Å². The summed E-state index contributed by atoms with van der Waals surface area (Å²) in [6, 6.07) is 7.96. The van der Waals surface area contributed by atoms with Crippen LogP contribution >= 0.6 is 0 Å². The van der Waals surface area contributed by atoms with Gasteiger partial charge in [-0.15, -0.1) is 0 Å². The van der Waals surface area contributed by atoms with Crippen molar-refractivity contribution in [3.63, 3.8) is 0 Å². The third-order valence-electron chi connectivity index (χ3n) is 5.27. The standard InChI is InChI=1S/C24H29NO5/c1-4-6-7-12-25-21(19-9-8-14-30-19)20(23(27)24(25)28)22(26)17-10-11-18(16(3)15-17)29-13-5-2/h8-11,14-15,21,26H,4-7,12-13H2,1-3H3/b22-20-. The Morgan fingerprint density at radius 2 is 1.97 bits per heavy atom. The number of hydrogen-bond acceptors (Lipinski definition) is 5. The average Bonchev–Trinajstić information content (AvgIpc) is 3.35. The van der Waals surface area contributed by atoms with Crippen LogP contribution in [0.2, 0.25) is 0 Å². The first-order chi connectivity index (χ1) is 14.5. The highest BCUT2D eigenvalue weighted by atomic mass is 16.5. The maximum absolute atomic E-state index is 12.9. The van der Waals surface area contributed by atoms with Gasteiger partial charge in [0, 0.05) is 12.1 Å². The Kier molecular flexibility index (Phi) is 6.98. The van der Waals surface area contributed by atoms with Gasteiger partial charge in [0.15, 0.2) is 0 Å². The number of nitrogens with zero attached hydrogens (tertiary/aromatic N) is 1. The van der Waals surface area contributed by atoms with E-state index in [-0.39, 0.29) is 11.3 Å². The normalized spacial score (nSPS) is 18.2. The van der Waals surface area contributed by atoms with Crippen LogP contribution in [0.1, 0.15) is 62.5 Å². The van der Waals surface area contributed by atoms with Crippen LogP contribution in [0, 0.1) is 6.92 Å². The number of rotatable bonds is 9. The average molecular weight is 411 g/mol. The number of ketones is 1. The number of likely N-dealkylation sites (tertiary alicyclic amines) is 1. The number of carbonyl (C=O) groups is 2. The molecule has 0 radical (unpaired) electrons. The molecule has 1 fully saturated rings. The molecule has 1 atom stereocenters. The largest absolute Gasteiger partial charge is 0.507 e. The van der Waals surface area contributed by atoms with E-state index in [2.05, 4.69) is 6.92 Å². The maximum Gasteiger partial charge on any atom is 0.295 e. The molecular weight excluding hydrogens is 382 g/mol. The lowest BCUT2D eigenvalue weighted by Crippen LogP contribution is -2.30. The van der Waals surface area contributed by atoms with E-state index in [1.165, 1.54) is 11.2 Å². The van der Waals surface area contributed by atoms with Crippen molar-refractivity contribution < 1.29 is 23.8 Å². The van der Waals surface area contributed by atoms with Crippen LogP contribution in [0.25, 0.3) is 5.76 Å². The Morgan fingerprint density at radius 3 is 2.60 bits per heavy atom. The highest BCUT2D eigenvalue weighted by Crippen LogP contribution is 2.40. The highest BCUT2D eigenvalue weighted by Gasteiger charge is 2.47. The first kappa shape index (κ1) is 21.7. The van der Waals surface area contributed by atoms with E-state index in [1.807, 2.05) is 13.8 Å². The topological polar surface area (TPSA) is 80.0 Å². The van der Waals surface area contributed by atoms with Crippen molar-refractivity contribution in [3.05, 3.63) is 59.1 Å². The number of amides is 1. The summed E-state index contributed by atoms with van der Waals surface area (Å²) in [6.07, 6.45) is 5.13. The molecule has 2 aromatic rings. The number of unbranched alkanes of at least 4 members (excludes halogenated alkanes) is 2. The quantitative estimate of drug-likeness (QED) is 0.272. The van der Waals surface area contributed by atoms with Crippen LogP contribution in [-0.2, 0) is 9.59 Å². The van der Waals surface area contributed by atoms with Crippen molar-refractivity contribution in [1.82, 2.24) is 4.90 Å². The van der Waals surface area contributed by atoms with Gasteiger partial charge in [0.1, 0.15) is 23.3 Å². The van der Waals surface area contributed by atoms with E-state index in [4.69, 9.17) is 9.15 Å². The third kappa shape index (κ3) is 4.27. The number of aliphatic hydroxyl groups is 1. The molecule has 160 valence electrons. The Morgan fingerprint density at radius 1 is 1.17 bits per heavy atom. The monoisotopic (exact) mass is 411 g/mol. The summed E-state index contributed by atoms with van der Waals surface area (Å²) in [6.45, 7) is 7.03. The van der Waals surface area contributed by atoms with Gasteiger partial charge in [0.25, 0.3) is 11.7 Å². The fourth-order valence-electron chi connectivity index (χ4n) is 3.71. The molecule has 6 heteroatoms. The molecule has 1 N–H and O–H groups in total. The summed E-state index contributed by atoms with van der Waals surface area (Å²) in [5, 5.41) is 11.1. The Balaban J connectivity index is 2.02. The zero-order valence-corrected chi connectivity index (χ0v) is 17.8. The van der Waals surface area contributed by atoms with Gasteiger partial charge in [-0.2, -0.15) is 0 Å². The Labute approximate surface area is 177 Å². The SMILES string of the molecule is CCCCCN1C(=O)C(=O)/C(=C(\O)c2ccc(OCCC)c(C)c2)C1c1ccco1. The second-order valence-corrected chi connectivity index (χ2v) is 7.54. The number of aliphatic hydroxyl groups excluding tert-OH is 1. The van der Waals surface area contributed by atoms with Gasteiger partial charge < -0.3 is 19.2 Å². The lowest BCUT2D eigenvalue weighted by Gasteiger charge is -2.23. The van der Waals surface area contributed by atoms with E-state index in [1.54, 1.807) is 30.3 Å². The van der Waals surface area contributed by atoms with Gasteiger partial charge in [-0.05, 0) is 55.7 Å². The lowest BCUT2D eigenvalue weighted by atomic mass is 9.98. The minimum atomic E-state index is -0.729. The van der Waals surface area contributed by atoms with E-state index >= 15 is 0 Å². The molecule has 30 heavy (non-hydrogen) atoms. The summed E-state index contributed by atoms with van der Waals surface area (Å²) in [4.78, 5) is 27.2. The molecule has 2 heterocycles. The number of hydrogen-bond donors (Lipinski definition) is 1. The van der Waals surface area contributed by atoms with Gasteiger partial charge in [-0.25, -0.2) is 0 Å². The number of carbonyl (C=O) groups excluding carboxylic acids is 2. The van der Waals surface area contributed by atoms with E-state index in [9.17, 15) is 14.7 Å². The number of Topliss-reactive ketones (excluding diaryl/α,β-unsaturated/α-hetero) is 1. The van der Waals surface area contributed by atoms with Crippen molar-refractivity contribution in [1.29, 1.82) is 0 Å². The molecule has 3 rings (SSSR count). The van der Waals surface area contributed by atoms with Crippen molar-refractivity contribution in [2.75, 3.05) is 13.2 Å². The molecule has 0 saturated carbocycles. The summed E-state index contributed by atoms with van der Waals surface area (Å²) in [5.41, 5.74) is 1.38. The lowest BCUT2D eigenvalue weighted by molar-refractivity contribution is -0.140. The minimum Gasteiger partial charge on any atom is -0.507 e. The zero-order valence-electron chi connectivity index (χ0n) is 17.8. The molecule has 1 unspecified atom stereocenters. The van der Waals surface area contributed by atoms with Crippen molar-refractivity contribution in [2.24, 2.45) is 0 Å². The van der Waals surface area contributed by atoms with Gasteiger partial charge in [-0.1, -0.05) is 26.7 Å². The predicted octanol–water partition coefficient (Wildman–Crippen LogP) is 4.99. The van der Waals surface area contributed by atoms with Crippen LogP contribution in [-0.4, -0.2) is 34.8 Å². The molecule has 1 amide bonds. The molecule has 0 spiro atoms. The van der Waals surface area contributed by atoms with E-state index < -0.39 is 17.7 Å². The summed E-state index contributed by atoms with van der Waals surface area (Å²) < 4.78 is 11.2. The number of furan rings is 1. The molecule has 1 aliphatic rings. The van der Waals surface area contributed by atoms with Crippen LogP contribution in [0.5, 0.6) is 5.75 Å². The van der Waals surface area contributed by atoms with Crippen LogP contribution < -0.4 is 4.74 Å². The molecule has 0 aliphatic carbocycles. The molecular formula is C24H29NO5. The summed E-state index contributed by atoms with van der Waals surface area (Å²) in [5.74, 6) is -0.288. The Bertz CT molecular complexity index is 929. The van der Waals surface area contributed by atoms with E-state index in [0.29, 0.717) is 24.5 Å². The number of ether oxygens (including phenoxy) is 1. The zero-order chi connectivity index (χ0) is 21.7. The van der Waals surface area contributed by atoms with Gasteiger partial charge >= 0.3 is 0 Å². The van der Waals surface area contributed by atoms with Gasteiger partial charge in [0.05, 0.1) is 18.4 Å². The first-order valence-electron chi connectivity index (χ1n) is 10.5. The smallest absolute Gasteiger partial charge is 0.295 e. The van der Waals surface area contributed by atoms with Crippen molar-refractivity contribution in [2.45, 2.75) is 52.5 Å². The highest BCUT2D eigenvalue weighted by molar-refractivity contribution is 6.46. The number of aryl methyl sites for hydroxylation is 1. The summed E-state index contributed by atoms with van der Waals surface area (Å²) in [7, 11) is 0. The van der Waals surface area contributed by atoms with Crippen LogP contribution in [0.4, 0.5) is 0 Å². The molecule has 0 bridgehead atoms. The fraction of sp³-hybridized carbons (Fsp3) is 0.417. The van der Waals surface area contributed by atoms with E-state index in [0.717, 1.165) is 37.0 Å². The number of benzene rings is 1. The summed E-state index contributed by atoms with van der Waals surface area (Å²) >= 11 is 0. The van der Waals surface area contributed by atoms with Crippen molar-refractivity contribution in [3.8, 4) is 5.75 Å². The van der Waals surface area contributed by atoms with Crippen LogP contribution in [0.3, 0.4) is 0 Å².